The van der Waals surface area contributed by atoms with E-state index in [1.807, 2.05) is 0 Å². The molecule has 12 heavy (non-hydrogen) atoms. The zero-order chi connectivity index (χ0) is 8.97. The highest BCUT2D eigenvalue weighted by Crippen LogP contribution is 2.03. The van der Waals surface area contributed by atoms with Crippen molar-refractivity contribution in [3.05, 3.63) is 12.4 Å². The molecule has 0 aliphatic rings. The fraction of sp³-hybridized carbons (Fsp3) is 0.429. The van der Waals surface area contributed by atoms with Gasteiger partial charge < -0.3 is 16.2 Å². The van der Waals surface area contributed by atoms with E-state index in [4.69, 9.17) is 10.8 Å². The van der Waals surface area contributed by atoms with Crippen LogP contribution in [0.5, 0.6) is 0 Å². The lowest BCUT2D eigenvalue weighted by molar-refractivity contribution is 0.208. The van der Waals surface area contributed by atoms with Gasteiger partial charge >= 0.3 is 0 Å². The van der Waals surface area contributed by atoms with E-state index in [-0.39, 0.29) is 0 Å². The number of nitrogens with two attached hydrogens (primary N) is 1. The van der Waals surface area contributed by atoms with Crippen LogP contribution in [-0.2, 0) is 0 Å². The summed E-state index contributed by atoms with van der Waals surface area (Å²) in [5, 5.41) is 11.8. The van der Waals surface area contributed by atoms with Crippen LogP contribution >= 0.6 is 0 Å². The number of rotatable bonds is 3. The van der Waals surface area contributed by atoms with Crippen LogP contribution in [0.25, 0.3) is 0 Å². The maximum Gasteiger partial charge on any atom is 0.131 e. The normalized spacial score (nSPS) is 12.5. The lowest BCUT2D eigenvalue weighted by atomic mass is 10.4. The molecule has 1 heterocycles. The summed E-state index contributed by atoms with van der Waals surface area (Å²) in [6.07, 6.45) is 0.973. The van der Waals surface area contributed by atoms with Gasteiger partial charge in [0.15, 0.2) is 0 Å². The van der Waals surface area contributed by atoms with Gasteiger partial charge in [0.2, 0.25) is 0 Å². The maximum absolute atomic E-state index is 8.95. The minimum absolute atomic E-state index is 0.402. The third-order valence-corrected chi connectivity index (χ3v) is 1.27. The minimum Gasteiger partial charge on any atom is -0.392 e. The Morgan fingerprint density at radius 2 is 2.42 bits per heavy atom. The molecule has 66 valence electrons. The van der Waals surface area contributed by atoms with Crippen LogP contribution < -0.4 is 11.1 Å². The molecule has 1 aromatic rings. The van der Waals surface area contributed by atoms with E-state index in [1.165, 1.54) is 6.33 Å². The highest BCUT2D eigenvalue weighted by molar-refractivity contribution is 5.43. The summed E-state index contributed by atoms with van der Waals surface area (Å²) in [7, 11) is 0. The Morgan fingerprint density at radius 1 is 1.67 bits per heavy atom. The van der Waals surface area contributed by atoms with Crippen molar-refractivity contribution >= 4 is 11.6 Å². The summed E-state index contributed by atoms with van der Waals surface area (Å²) in [5.41, 5.74) is 5.41. The Hall–Kier alpha value is -1.36. The molecule has 0 spiro atoms. The molecule has 0 bridgehead atoms. The lowest BCUT2D eigenvalue weighted by Crippen LogP contribution is -2.16. The molecular formula is C7H12N4O. The molecule has 0 fully saturated rings. The third kappa shape index (κ3) is 2.71. The van der Waals surface area contributed by atoms with Gasteiger partial charge in [0, 0.05) is 12.6 Å². The Morgan fingerprint density at radius 3 is 3.00 bits per heavy atom. The molecule has 1 aromatic heterocycles. The van der Waals surface area contributed by atoms with Crippen LogP contribution in [0.15, 0.2) is 12.4 Å². The van der Waals surface area contributed by atoms with Crippen molar-refractivity contribution in [3.8, 4) is 0 Å². The number of aliphatic hydroxyl groups excluding tert-OH is 1. The number of nitrogens with one attached hydrogen (secondary N) is 1. The van der Waals surface area contributed by atoms with Crippen molar-refractivity contribution in [1.82, 2.24) is 9.97 Å². The molecule has 0 aromatic carbocycles. The van der Waals surface area contributed by atoms with E-state index in [2.05, 4.69) is 15.3 Å². The second-order valence-corrected chi connectivity index (χ2v) is 2.56. The molecule has 5 heteroatoms. The summed E-state index contributed by atoms with van der Waals surface area (Å²) in [4.78, 5) is 7.63. The van der Waals surface area contributed by atoms with Crippen LogP contribution in [-0.4, -0.2) is 27.7 Å². The van der Waals surface area contributed by atoms with Crippen LogP contribution in [0, 0.1) is 0 Å². The number of nitrogen functional groups attached to an aromatic ring is 1. The summed E-state index contributed by atoms with van der Waals surface area (Å²) >= 11 is 0. The molecule has 0 saturated carbocycles. The molecule has 0 aliphatic heterocycles. The van der Waals surface area contributed by atoms with E-state index < -0.39 is 6.10 Å². The molecule has 1 rings (SSSR count). The Bertz CT molecular complexity index is 251. The molecule has 4 N–H and O–H groups in total. The molecule has 0 saturated heterocycles. The number of hydrogen-bond acceptors (Lipinski definition) is 5. The van der Waals surface area contributed by atoms with Crippen LogP contribution in [0.4, 0.5) is 11.6 Å². The van der Waals surface area contributed by atoms with E-state index in [0.717, 1.165) is 0 Å². The molecular weight excluding hydrogens is 156 g/mol. The van der Waals surface area contributed by atoms with Crippen molar-refractivity contribution in [3.63, 3.8) is 0 Å². The first-order valence-corrected chi connectivity index (χ1v) is 3.68. The van der Waals surface area contributed by atoms with E-state index >= 15 is 0 Å². The van der Waals surface area contributed by atoms with Crippen LogP contribution in [0.3, 0.4) is 0 Å². The van der Waals surface area contributed by atoms with Crippen molar-refractivity contribution in [2.24, 2.45) is 0 Å². The first-order valence-electron chi connectivity index (χ1n) is 3.68. The van der Waals surface area contributed by atoms with E-state index in [0.29, 0.717) is 18.2 Å². The van der Waals surface area contributed by atoms with Gasteiger partial charge in [-0.1, -0.05) is 0 Å². The van der Waals surface area contributed by atoms with Crippen molar-refractivity contribution < 1.29 is 5.11 Å². The number of nitrogens with zero attached hydrogens (tertiary/aromatic N) is 2. The second-order valence-electron chi connectivity index (χ2n) is 2.56. The first kappa shape index (κ1) is 8.73. The average molecular weight is 168 g/mol. The Kier molecular flexibility index (Phi) is 2.82. The van der Waals surface area contributed by atoms with Crippen LogP contribution in [0.1, 0.15) is 6.92 Å². The third-order valence-electron chi connectivity index (χ3n) is 1.27. The van der Waals surface area contributed by atoms with Gasteiger partial charge in [-0.2, -0.15) is 0 Å². The standard InChI is InChI=1S/C7H12N4O/c1-5(12)3-9-7-2-6(8)10-4-11-7/h2,4-5,12H,3H2,1H3,(H3,8,9,10,11)/t5-/m1/s1. The number of hydrogen-bond donors (Lipinski definition) is 3. The molecule has 5 nitrogen and oxygen atoms in total. The summed E-state index contributed by atoms with van der Waals surface area (Å²) < 4.78 is 0. The summed E-state index contributed by atoms with van der Waals surface area (Å²) in [5.74, 6) is 1.04. The molecule has 0 unspecified atom stereocenters. The van der Waals surface area contributed by atoms with Gasteiger partial charge in [0.25, 0.3) is 0 Å². The molecule has 1 atom stereocenters. The largest absolute Gasteiger partial charge is 0.392 e. The Labute approximate surface area is 70.6 Å². The van der Waals surface area contributed by atoms with Gasteiger partial charge in [-0.3, -0.25) is 0 Å². The number of aliphatic hydroxyl groups is 1. The summed E-state index contributed by atoms with van der Waals surface area (Å²) in [6.45, 7) is 2.15. The smallest absolute Gasteiger partial charge is 0.131 e. The zero-order valence-electron chi connectivity index (χ0n) is 6.86. The fourth-order valence-electron chi connectivity index (χ4n) is 0.721. The average Bonchev–Trinajstić information content (AvgIpc) is 2.01. The molecule has 0 amide bonds. The van der Waals surface area contributed by atoms with Gasteiger partial charge in [-0.25, -0.2) is 9.97 Å². The van der Waals surface area contributed by atoms with Gasteiger partial charge in [0.1, 0.15) is 18.0 Å². The van der Waals surface area contributed by atoms with Crippen LogP contribution in [0.2, 0.25) is 0 Å². The number of anilines is 2. The molecule has 0 aliphatic carbocycles. The highest BCUT2D eigenvalue weighted by Gasteiger charge is 1.97. The topological polar surface area (TPSA) is 84.1 Å². The lowest BCUT2D eigenvalue weighted by Gasteiger charge is -2.06. The predicted molar refractivity (Wildman–Crippen MR) is 46.6 cm³/mol. The first-order chi connectivity index (χ1) is 5.68. The van der Waals surface area contributed by atoms with Crippen molar-refractivity contribution in [2.75, 3.05) is 17.6 Å². The SMILES string of the molecule is C[C@@H](O)CNc1cc(N)ncn1. The van der Waals surface area contributed by atoms with Gasteiger partial charge in [-0.15, -0.1) is 0 Å². The predicted octanol–water partition coefficient (Wildman–Crippen LogP) is -0.149. The van der Waals surface area contributed by atoms with E-state index in [9.17, 15) is 0 Å². The summed E-state index contributed by atoms with van der Waals surface area (Å²) in [6, 6.07) is 1.61. The molecule has 0 radical (unpaired) electrons. The second kappa shape index (κ2) is 3.87. The van der Waals surface area contributed by atoms with E-state index in [1.54, 1.807) is 13.0 Å². The van der Waals surface area contributed by atoms with Gasteiger partial charge in [0.05, 0.1) is 6.10 Å². The quantitative estimate of drug-likeness (QED) is 0.584. The van der Waals surface area contributed by atoms with Crippen molar-refractivity contribution in [2.45, 2.75) is 13.0 Å². The fourth-order valence-corrected chi connectivity index (χ4v) is 0.721. The monoisotopic (exact) mass is 168 g/mol. The Balaban J connectivity index is 2.52. The minimum atomic E-state index is -0.402. The number of aromatic nitrogens is 2. The van der Waals surface area contributed by atoms with Gasteiger partial charge in [-0.05, 0) is 6.92 Å². The van der Waals surface area contributed by atoms with Crippen molar-refractivity contribution in [1.29, 1.82) is 0 Å². The highest BCUT2D eigenvalue weighted by atomic mass is 16.3. The maximum atomic E-state index is 8.95. The zero-order valence-corrected chi connectivity index (χ0v) is 6.86.